The third-order valence-electron chi connectivity index (χ3n) is 2.89. The summed E-state index contributed by atoms with van der Waals surface area (Å²) in [6, 6.07) is 12.2. The first-order valence-corrected chi connectivity index (χ1v) is 6.99. The van der Waals surface area contributed by atoms with Crippen molar-refractivity contribution in [3.63, 3.8) is 0 Å². The standard InChI is InChI=1S/C16H15N3O5/c1-11(20)17-12-5-7-15(8-6-12)24-10-16(21)18-13-3-2-4-14(9-13)19(22)23/h2-9H,10H2,1H3,(H,17,20)(H,18,21). The van der Waals surface area contributed by atoms with Crippen molar-refractivity contribution in [1.29, 1.82) is 0 Å². The zero-order valence-corrected chi connectivity index (χ0v) is 12.8. The number of nitro benzene ring substituents is 1. The number of nitrogens with one attached hydrogen (secondary N) is 2. The van der Waals surface area contributed by atoms with Crippen LogP contribution in [0.2, 0.25) is 0 Å². The number of anilines is 2. The Labute approximate surface area is 137 Å². The van der Waals surface area contributed by atoms with Gasteiger partial charge in [-0.25, -0.2) is 0 Å². The lowest BCUT2D eigenvalue weighted by atomic mass is 10.3. The van der Waals surface area contributed by atoms with E-state index in [0.29, 0.717) is 17.1 Å². The predicted octanol–water partition coefficient (Wildman–Crippen LogP) is 2.57. The second-order valence-corrected chi connectivity index (χ2v) is 4.85. The van der Waals surface area contributed by atoms with Crippen molar-refractivity contribution in [1.82, 2.24) is 0 Å². The summed E-state index contributed by atoms with van der Waals surface area (Å²) in [4.78, 5) is 32.9. The Kier molecular flexibility index (Phi) is 5.45. The van der Waals surface area contributed by atoms with Crippen LogP contribution < -0.4 is 15.4 Å². The number of hydrogen-bond acceptors (Lipinski definition) is 5. The van der Waals surface area contributed by atoms with E-state index in [4.69, 9.17) is 4.74 Å². The number of rotatable bonds is 6. The fourth-order valence-electron chi connectivity index (χ4n) is 1.88. The molecule has 0 aromatic heterocycles. The molecule has 0 bridgehead atoms. The van der Waals surface area contributed by atoms with Gasteiger partial charge in [-0.1, -0.05) is 6.07 Å². The molecular formula is C16H15N3O5. The first kappa shape index (κ1) is 16.9. The van der Waals surface area contributed by atoms with Crippen LogP contribution in [0.25, 0.3) is 0 Å². The molecule has 0 aliphatic heterocycles. The Morgan fingerprint density at radius 1 is 1.08 bits per heavy atom. The van der Waals surface area contributed by atoms with E-state index in [0.717, 1.165) is 0 Å². The first-order valence-electron chi connectivity index (χ1n) is 6.99. The molecule has 0 saturated heterocycles. The molecule has 0 spiro atoms. The number of benzene rings is 2. The minimum Gasteiger partial charge on any atom is -0.484 e. The molecule has 0 fully saturated rings. The maximum absolute atomic E-state index is 11.8. The number of carbonyl (C=O) groups excluding carboxylic acids is 2. The van der Waals surface area contributed by atoms with Crippen LogP contribution in [-0.2, 0) is 9.59 Å². The summed E-state index contributed by atoms with van der Waals surface area (Å²) < 4.78 is 5.32. The molecule has 2 aromatic carbocycles. The van der Waals surface area contributed by atoms with E-state index in [2.05, 4.69) is 10.6 Å². The van der Waals surface area contributed by atoms with Crippen molar-refractivity contribution in [2.45, 2.75) is 6.92 Å². The summed E-state index contributed by atoms with van der Waals surface area (Å²) in [6.07, 6.45) is 0. The molecule has 24 heavy (non-hydrogen) atoms. The minimum atomic E-state index is -0.539. The van der Waals surface area contributed by atoms with Crippen molar-refractivity contribution in [2.24, 2.45) is 0 Å². The third-order valence-corrected chi connectivity index (χ3v) is 2.89. The van der Waals surface area contributed by atoms with Crippen LogP contribution in [0.5, 0.6) is 5.75 Å². The van der Waals surface area contributed by atoms with Crippen LogP contribution >= 0.6 is 0 Å². The average molecular weight is 329 g/mol. The second kappa shape index (κ2) is 7.73. The molecule has 0 aliphatic rings. The van der Waals surface area contributed by atoms with Gasteiger partial charge in [0.15, 0.2) is 6.61 Å². The smallest absolute Gasteiger partial charge is 0.271 e. The van der Waals surface area contributed by atoms with Crippen molar-refractivity contribution in [2.75, 3.05) is 17.2 Å². The van der Waals surface area contributed by atoms with Crippen LogP contribution in [-0.4, -0.2) is 23.3 Å². The fraction of sp³-hybridized carbons (Fsp3) is 0.125. The summed E-state index contributed by atoms with van der Waals surface area (Å²) in [5.41, 5.74) is 0.831. The predicted molar refractivity (Wildman–Crippen MR) is 88.0 cm³/mol. The fourth-order valence-corrected chi connectivity index (χ4v) is 1.88. The van der Waals surface area contributed by atoms with E-state index >= 15 is 0 Å². The highest BCUT2D eigenvalue weighted by atomic mass is 16.6. The molecule has 0 saturated carbocycles. The molecule has 2 rings (SSSR count). The highest BCUT2D eigenvalue weighted by Gasteiger charge is 2.08. The summed E-state index contributed by atoms with van der Waals surface area (Å²) in [7, 11) is 0. The Morgan fingerprint density at radius 2 is 1.79 bits per heavy atom. The van der Waals surface area contributed by atoms with Gasteiger partial charge in [0.05, 0.1) is 4.92 Å². The molecular weight excluding hydrogens is 314 g/mol. The topological polar surface area (TPSA) is 111 Å². The highest BCUT2D eigenvalue weighted by Crippen LogP contribution is 2.18. The monoisotopic (exact) mass is 329 g/mol. The van der Waals surface area contributed by atoms with Gasteiger partial charge in [0.2, 0.25) is 5.91 Å². The molecule has 0 unspecified atom stereocenters. The van der Waals surface area contributed by atoms with Gasteiger partial charge in [0.1, 0.15) is 5.75 Å². The highest BCUT2D eigenvalue weighted by molar-refractivity contribution is 5.92. The normalized spacial score (nSPS) is 9.88. The van der Waals surface area contributed by atoms with E-state index in [1.54, 1.807) is 30.3 Å². The van der Waals surface area contributed by atoms with E-state index in [1.165, 1.54) is 25.1 Å². The molecule has 0 atom stereocenters. The van der Waals surface area contributed by atoms with Gasteiger partial charge in [0, 0.05) is 30.4 Å². The lowest BCUT2D eigenvalue weighted by Crippen LogP contribution is -2.20. The SMILES string of the molecule is CC(=O)Nc1ccc(OCC(=O)Nc2cccc([N+](=O)[O-])c2)cc1. The zero-order chi connectivity index (χ0) is 17.5. The second-order valence-electron chi connectivity index (χ2n) is 4.85. The lowest BCUT2D eigenvalue weighted by Gasteiger charge is -2.08. The quantitative estimate of drug-likeness (QED) is 0.625. The maximum Gasteiger partial charge on any atom is 0.271 e. The molecule has 0 aliphatic carbocycles. The summed E-state index contributed by atoms with van der Waals surface area (Å²) in [5.74, 6) is -0.167. The first-order chi connectivity index (χ1) is 11.4. The summed E-state index contributed by atoms with van der Waals surface area (Å²) in [6.45, 7) is 1.16. The average Bonchev–Trinajstić information content (AvgIpc) is 2.54. The number of nitro groups is 1. The molecule has 0 radical (unpaired) electrons. The molecule has 2 aromatic rings. The summed E-state index contributed by atoms with van der Waals surface area (Å²) in [5, 5.41) is 15.8. The Bertz CT molecular complexity index is 759. The Morgan fingerprint density at radius 3 is 2.42 bits per heavy atom. The third kappa shape index (κ3) is 5.09. The van der Waals surface area contributed by atoms with Gasteiger partial charge < -0.3 is 15.4 Å². The molecule has 8 nitrogen and oxygen atoms in total. The van der Waals surface area contributed by atoms with Crippen LogP contribution in [0.4, 0.5) is 17.1 Å². The van der Waals surface area contributed by atoms with E-state index < -0.39 is 10.8 Å². The van der Waals surface area contributed by atoms with Gasteiger partial charge >= 0.3 is 0 Å². The largest absolute Gasteiger partial charge is 0.484 e. The van der Waals surface area contributed by atoms with E-state index in [1.807, 2.05) is 0 Å². The van der Waals surface area contributed by atoms with Crippen molar-refractivity contribution in [3.05, 3.63) is 58.6 Å². The summed E-state index contributed by atoms with van der Waals surface area (Å²) >= 11 is 0. The van der Waals surface area contributed by atoms with Gasteiger partial charge in [-0.15, -0.1) is 0 Å². The van der Waals surface area contributed by atoms with Crippen LogP contribution in [0.1, 0.15) is 6.92 Å². The number of non-ortho nitro benzene ring substituents is 1. The van der Waals surface area contributed by atoms with Crippen molar-refractivity contribution < 1.29 is 19.2 Å². The number of amides is 2. The Balaban J connectivity index is 1.88. The van der Waals surface area contributed by atoms with Crippen LogP contribution in [0, 0.1) is 10.1 Å². The van der Waals surface area contributed by atoms with Crippen molar-refractivity contribution in [3.8, 4) is 5.75 Å². The molecule has 2 N–H and O–H groups in total. The van der Waals surface area contributed by atoms with E-state index in [9.17, 15) is 19.7 Å². The number of ether oxygens (including phenoxy) is 1. The van der Waals surface area contributed by atoms with Gasteiger partial charge in [-0.3, -0.25) is 19.7 Å². The molecule has 0 heterocycles. The van der Waals surface area contributed by atoms with Gasteiger partial charge in [-0.05, 0) is 30.3 Å². The zero-order valence-electron chi connectivity index (χ0n) is 12.8. The van der Waals surface area contributed by atoms with Gasteiger partial charge in [-0.2, -0.15) is 0 Å². The number of carbonyl (C=O) groups is 2. The van der Waals surface area contributed by atoms with Crippen molar-refractivity contribution >= 4 is 28.9 Å². The number of nitrogens with zero attached hydrogens (tertiary/aromatic N) is 1. The lowest BCUT2D eigenvalue weighted by molar-refractivity contribution is -0.384. The van der Waals surface area contributed by atoms with Crippen LogP contribution in [0.15, 0.2) is 48.5 Å². The molecule has 2 amide bonds. The minimum absolute atomic E-state index is 0.109. The van der Waals surface area contributed by atoms with E-state index in [-0.39, 0.29) is 18.2 Å². The van der Waals surface area contributed by atoms with Crippen LogP contribution in [0.3, 0.4) is 0 Å². The van der Waals surface area contributed by atoms with Gasteiger partial charge in [0.25, 0.3) is 11.6 Å². The maximum atomic E-state index is 11.8. The molecule has 124 valence electrons. The number of hydrogen-bond donors (Lipinski definition) is 2. The molecule has 8 heteroatoms. The Hall–Kier alpha value is -3.42.